The summed E-state index contributed by atoms with van der Waals surface area (Å²) >= 11 is 1.10. The van der Waals surface area contributed by atoms with Crippen LogP contribution >= 0.6 is 11.8 Å². The van der Waals surface area contributed by atoms with Gasteiger partial charge in [0.1, 0.15) is 5.75 Å². The second-order valence-electron chi connectivity index (χ2n) is 6.87. The quantitative estimate of drug-likeness (QED) is 0.467. The van der Waals surface area contributed by atoms with Gasteiger partial charge in [0.15, 0.2) is 0 Å². The summed E-state index contributed by atoms with van der Waals surface area (Å²) in [7, 11) is -0.704. The number of para-hydroxylation sites is 1. The second kappa shape index (κ2) is 10.2. The van der Waals surface area contributed by atoms with E-state index in [1.807, 2.05) is 31.2 Å². The van der Waals surface area contributed by atoms with Gasteiger partial charge in [0, 0.05) is 19.8 Å². The Bertz CT molecular complexity index is 1190. The van der Waals surface area contributed by atoms with E-state index in [0.717, 1.165) is 16.1 Å². The molecule has 170 valence electrons. The molecule has 2 aromatic carbocycles. The summed E-state index contributed by atoms with van der Waals surface area (Å²) in [4.78, 5) is 12.7. The Labute approximate surface area is 191 Å². The van der Waals surface area contributed by atoms with Crippen molar-refractivity contribution in [3.8, 4) is 17.2 Å². The molecule has 1 N–H and O–H groups in total. The minimum Gasteiger partial charge on any atom is -0.493 e. The van der Waals surface area contributed by atoms with Gasteiger partial charge in [-0.05, 0) is 44.2 Å². The first-order valence-electron chi connectivity index (χ1n) is 9.78. The molecule has 0 saturated carbocycles. The number of ether oxygens (including phenoxy) is 1. The van der Waals surface area contributed by atoms with E-state index in [-0.39, 0.29) is 16.0 Å². The van der Waals surface area contributed by atoms with Gasteiger partial charge in [-0.25, -0.2) is 12.7 Å². The maximum atomic E-state index is 12.6. The number of nitrogens with zero attached hydrogens (tertiary/aromatic N) is 3. The summed E-state index contributed by atoms with van der Waals surface area (Å²) in [6.07, 6.45) is 0. The smallest absolute Gasteiger partial charge is 0.277 e. The Morgan fingerprint density at radius 2 is 1.94 bits per heavy atom. The van der Waals surface area contributed by atoms with E-state index in [2.05, 4.69) is 15.5 Å². The number of anilines is 1. The highest BCUT2D eigenvalue weighted by Crippen LogP contribution is 2.32. The molecule has 9 nitrogen and oxygen atoms in total. The van der Waals surface area contributed by atoms with E-state index in [1.54, 1.807) is 19.1 Å². The zero-order chi connectivity index (χ0) is 23.3. The van der Waals surface area contributed by atoms with E-state index < -0.39 is 15.3 Å². The largest absolute Gasteiger partial charge is 0.493 e. The lowest BCUT2D eigenvalue weighted by Crippen LogP contribution is -2.24. The molecule has 0 fully saturated rings. The summed E-state index contributed by atoms with van der Waals surface area (Å²) in [5.41, 5.74) is 1.05. The SMILES string of the molecule is CCOc1ccccc1-c1nnc(SC(C)C(=O)Nc2cccc(S(=O)(=O)N(C)C)c2)o1. The third kappa shape index (κ3) is 5.47. The van der Waals surface area contributed by atoms with Crippen LogP contribution in [0.15, 0.2) is 63.1 Å². The van der Waals surface area contributed by atoms with Crippen molar-refractivity contribution in [1.29, 1.82) is 0 Å². The number of nitrogens with one attached hydrogen (secondary N) is 1. The third-order valence-electron chi connectivity index (χ3n) is 4.35. The van der Waals surface area contributed by atoms with Gasteiger partial charge in [-0.2, -0.15) is 0 Å². The van der Waals surface area contributed by atoms with Crippen LogP contribution in [0, 0.1) is 0 Å². The lowest BCUT2D eigenvalue weighted by molar-refractivity contribution is -0.115. The van der Waals surface area contributed by atoms with Gasteiger partial charge in [-0.1, -0.05) is 30.0 Å². The summed E-state index contributed by atoms with van der Waals surface area (Å²) in [6, 6.07) is 13.4. The first kappa shape index (κ1) is 23.8. The van der Waals surface area contributed by atoms with E-state index in [9.17, 15) is 13.2 Å². The molecule has 0 bridgehead atoms. The third-order valence-corrected chi connectivity index (χ3v) is 7.10. The van der Waals surface area contributed by atoms with Crippen LogP contribution in [0.5, 0.6) is 5.75 Å². The Hall–Kier alpha value is -2.89. The normalized spacial score (nSPS) is 12.5. The first-order valence-corrected chi connectivity index (χ1v) is 12.1. The number of thioether (sulfide) groups is 1. The number of aromatic nitrogens is 2. The number of carbonyl (C=O) groups is 1. The van der Waals surface area contributed by atoms with E-state index in [0.29, 0.717) is 29.5 Å². The van der Waals surface area contributed by atoms with Gasteiger partial charge in [-0.15, -0.1) is 10.2 Å². The molecular weight excluding hydrogens is 452 g/mol. The lowest BCUT2D eigenvalue weighted by Gasteiger charge is -2.14. The van der Waals surface area contributed by atoms with Crippen LogP contribution in [0.25, 0.3) is 11.5 Å². The summed E-state index contributed by atoms with van der Waals surface area (Å²) in [5.74, 6) is 0.600. The predicted molar refractivity (Wildman–Crippen MR) is 122 cm³/mol. The van der Waals surface area contributed by atoms with Gasteiger partial charge in [-0.3, -0.25) is 4.79 Å². The van der Waals surface area contributed by atoms with Crippen molar-refractivity contribution >= 4 is 33.4 Å². The number of benzene rings is 2. The van der Waals surface area contributed by atoms with Crippen LogP contribution in [0.3, 0.4) is 0 Å². The zero-order valence-corrected chi connectivity index (χ0v) is 19.7. The highest BCUT2D eigenvalue weighted by atomic mass is 32.2. The maximum Gasteiger partial charge on any atom is 0.277 e. The van der Waals surface area contributed by atoms with Crippen molar-refractivity contribution in [2.24, 2.45) is 0 Å². The Balaban J connectivity index is 1.69. The molecule has 1 unspecified atom stereocenters. The minimum atomic E-state index is -3.60. The van der Waals surface area contributed by atoms with E-state index in [1.165, 1.54) is 26.2 Å². The lowest BCUT2D eigenvalue weighted by atomic mass is 10.2. The van der Waals surface area contributed by atoms with Gasteiger partial charge in [0.25, 0.3) is 11.1 Å². The van der Waals surface area contributed by atoms with Gasteiger partial charge < -0.3 is 14.5 Å². The average Bonchev–Trinajstić information content (AvgIpc) is 3.22. The maximum absolute atomic E-state index is 12.6. The molecule has 0 spiro atoms. The van der Waals surface area contributed by atoms with Gasteiger partial charge in [0.2, 0.25) is 15.9 Å². The summed E-state index contributed by atoms with van der Waals surface area (Å²) in [6.45, 7) is 4.08. The van der Waals surface area contributed by atoms with Crippen molar-refractivity contribution in [2.75, 3.05) is 26.0 Å². The fourth-order valence-electron chi connectivity index (χ4n) is 2.68. The number of hydrogen-bond donors (Lipinski definition) is 1. The van der Waals surface area contributed by atoms with Crippen molar-refractivity contribution < 1.29 is 22.4 Å². The molecule has 0 aliphatic heterocycles. The van der Waals surface area contributed by atoms with Gasteiger partial charge >= 0.3 is 0 Å². The minimum absolute atomic E-state index is 0.0927. The van der Waals surface area contributed by atoms with Crippen molar-refractivity contribution in [3.05, 3.63) is 48.5 Å². The van der Waals surface area contributed by atoms with E-state index in [4.69, 9.17) is 9.15 Å². The molecule has 1 atom stereocenters. The van der Waals surface area contributed by atoms with Crippen molar-refractivity contribution in [1.82, 2.24) is 14.5 Å². The molecule has 1 aromatic heterocycles. The Morgan fingerprint density at radius 1 is 1.19 bits per heavy atom. The zero-order valence-electron chi connectivity index (χ0n) is 18.1. The van der Waals surface area contributed by atoms with Crippen LogP contribution in [0.1, 0.15) is 13.8 Å². The highest BCUT2D eigenvalue weighted by molar-refractivity contribution is 8.00. The van der Waals surface area contributed by atoms with Crippen LogP contribution < -0.4 is 10.1 Å². The Kier molecular flexibility index (Phi) is 7.54. The number of amides is 1. The molecule has 1 amide bonds. The number of rotatable bonds is 9. The van der Waals surface area contributed by atoms with Crippen LogP contribution in [0.2, 0.25) is 0 Å². The molecule has 32 heavy (non-hydrogen) atoms. The number of carbonyl (C=O) groups excluding carboxylic acids is 1. The molecular formula is C21H24N4O5S2. The van der Waals surface area contributed by atoms with Crippen molar-refractivity contribution in [2.45, 2.75) is 29.2 Å². The van der Waals surface area contributed by atoms with Crippen LogP contribution in [-0.2, 0) is 14.8 Å². The summed E-state index contributed by atoms with van der Waals surface area (Å²) in [5, 5.41) is 10.5. The van der Waals surface area contributed by atoms with E-state index >= 15 is 0 Å². The van der Waals surface area contributed by atoms with Crippen molar-refractivity contribution in [3.63, 3.8) is 0 Å². The molecule has 0 aliphatic carbocycles. The monoisotopic (exact) mass is 476 g/mol. The molecule has 1 heterocycles. The van der Waals surface area contributed by atoms with Crippen LogP contribution in [0.4, 0.5) is 5.69 Å². The van der Waals surface area contributed by atoms with Gasteiger partial charge in [0.05, 0.1) is 22.3 Å². The second-order valence-corrected chi connectivity index (χ2v) is 10.3. The van der Waals surface area contributed by atoms with Crippen LogP contribution in [-0.4, -0.2) is 54.8 Å². The number of sulfonamides is 1. The standard InChI is InChI=1S/C21H24N4O5S2/c1-5-29-18-12-7-6-11-17(18)20-23-24-21(30-20)31-14(2)19(26)22-15-9-8-10-16(13-15)32(27,28)25(3)4/h6-14H,5H2,1-4H3,(H,22,26). The molecule has 11 heteroatoms. The average molecular weight is 477 g/mol. The molecule has 3 rings (SSSR count). The molecule has 0 radical (unpaired) electrons. The first-order chi connectivity index (χ1) is 15.2. The summed E-state index contributed by atoms with van der Waals surface area (Å²) < 4.78 is 37.0. The topological polar surface area (TPSA) is 115 Å². The molecule has 0 saturated heterocycles. The predicted octanol–water partition coefficient (Wildman–Crippen LogP) is 3.50. The fraction of sp³-hybridized carbons (Fsp3) is 0.286. The Morgan fingerprint density at radius 3 is 2.66 bits per heavy atom. The fourth-order valence-corrected chi connectivity index (χ4v) is 4.32. The number of hydrogen-bond acceptors (Lipinski definition) is 8. The molecule has 0 aliphatic rings. The molecule has 3 aromatic rings. The highest BCUT2D eigenvalue weighted by Gasteiger charge is 2.21.